The van der Waals surface area contributed by atoms with Crippen molar-refractivity contribution in [2.24, 2.45) is 4.99 Å². The van der Waals surface area contributed by atoms with Crippen LogP contribution in [0.5, 0.6) is 0 Å². The summed E-state index contributed by atoms with van der Waals surface area (Å²) in [5, 5.41) is 7.45. The van der Waals surface area contributed by atoms with E-state index in [0.717, 1.165) is 40.9 Å². The van der Waals surface area contributed by atoms with Gasteiger partial charge in [-0.15, -0.1) is 0 Å². The van der Waals surface area contributed by atoms with E-state index < -0.39 is 5.92 Å². The number of rotatable bonds is 3. The third kappa shape index (κ3) is 2.98. The fourth-order valence-corrected chi connectivity index (χ4v) is 4.60. The fourth-order valence-electron chi connectivity index (χ4n) is 4.60. The lowest BCUT2D eigenvalue weighted by Crippen LogP contribution is -2.45. The summed E-state index contributed by atoms with van der Waals surface area (Å²) in [6, 6.07) is 1.92. The number of aryl methyl sites for hydroxylation is 1. The normalized spacial score (nSPS) is 20.2. The molecule has 3 aromatic heterocycles. The Bertz CT molecular complexity index is 1190. The average Bonchev–Trinajstić information content (AvgIpc) is 3.45. The minimum Gasteiger partial charge on any atom is -0.323 e. The second-order valence-electron chi connectivity index (χ2n) is 8.25. The van der Waals surface area contributed by atoms with Gasteiger partial charge in [-0.25, -0.2) is 23.3 Å². The molecule has 6 rings (SSSR count). The van der Waals surface area contributed by atoms with Gasteiger partial charge in [-0.1, -0.05) is 0 Å². The van der Waals surface area contributed by atoms with Gasteiger partial charge in [0.05, 0.1) is 24.6 Å². The number of aromatic nitrogens is 5. The van der Waals surface area contributed by atoms with Crippen LogP contribution < -0.4 is 15.1 Å². The van der Waals surface area contributed by atoms with E-state index in [4.69, 9.17) is 4.98 Å². The number of nitrogens with one attached hydrogen (secondary N) is 1. The lowest BCUT2D eigenvalue weighted by Gasteiger charge is -2.35. The van der Waals surface area contributed by atoms with Crippen molar-refractivity contribution in [3.63, 3.8) is 0 Å². The molecule has 0 radical (unpaired) electrons. The van der Waals surface area contributed by atoms with Crippen LogP contribution in [0.3, 0.4) is 0 Å². The van der Waals surface area contributed by atoms with Crippen molar-refractivity contribution in [3.05, 3.63) is 30.4 Å². The van der Waals surface area contributed by atoms with Crippen molar-refractivity contribution >= 4 is 34.7 Å². The molecule has 0 unspecified atom stereocenters. The van der Waals surface area contributed by atoms with Crippen LogP contribution >= 0.6 is 0 Å². The maximum Gasteiger partial charge on any atom is 0.248 e. The first-order valence-corrected chi connectivity index (χ1v) is 10.4. The van der Waals surface area contributed by atoms with Crippen molar-refractivity contribution in [3.8, 4) is 0 Å². The minimum absolute atomic E-state index is 0.0143. The van der Waals surface area contributed by atoms with Gasteiger partial charge < -0.3 is 10.2 Å². The van der Waals surface area contributed by atoms with Gasteiger partial charge in [-0.2, -0.15) is 10.1 Å². The number of aliphatic imine (C=N–C) groups is 1. The zero-order valence-electron chi connectivity index (χ0n) is 17.0. The zero-order chi connectivity index (χ0) is 21.2. The number of pyridine rings is 1. The van der Waals surface area contributed by atoms with Gasteiger partial charge in [-0.3, -0.25) is 9.89 Å². The van der Waals surface area contributed by atoms with E-state index in [2.05, 4.69) is 35.2 Å². The number of alkyl halides is 2. The second kappa shape index (κ2) is 6.56. The SMILES string of the molecule is Cc1cc2ncnn2cc1Nc1ncc2c(n1)N1CCN=C1N2C1CCC(F)(F)CC1. The summed E-state index contributed by atoms with van der Waals surface area (Å²) in [7, 11) is 0. The molecule has 3 aromatic rings. The number of hydrogen-bond acceptors (Lipinski definition) is 8. The molecule has 9 nitrogen and oxygen atoms in total. The number of hydrogen-bond donors (Lipinski definition) is 1. The fraction of sp³-hybridized carbons (Fsp3) is 0.450. The molecule has 1 saturated carbocycles. The summed E-state index contributed by atoms with van der Waals surface area (Å²) in [6.45, 7) is 3.38. The summed E-state index contributed by atoms with van der Waals surface area (Å²) in [6.07, 6.45) is 5.79. The summed E-state index contributed by atoms with van der Waals surface area (Å²) < 4.78 is 29.1. The van der Waals surface area contributed by atoms with Crippen molar-refractivity contribution in [1.82, 2.24) is 24.6 Å². The standard InChI is InChI=1S/C20H21F2N9/c1-12-8-16-25-11-26-30(16)10-14(12)27-18-24-9-15-17(28-18)29-7-6-23-19(29)31(15)13-2-4-20(21,22)5-3-13/h8-11,13H,2-7H2,1H3,(H,24,27,28). The number of nitrogens with zero attached hydrogens (tertiary/aromatic N) is 8. The highest BCUT2D eigenvalue weighted by molar-refractivity contribution is 6.16. The van der Waals surface area contributed by atoms with Crippen LogP contribution in [0, 0.1) is 6.92 Å². The molecule has 0 saturated heterocycles. The molecule has 0 spiro atoms. The first-order valence-electron chi connectivity index (χ1n) is 10.4. The first-order chi connectivity index (χ1) is 15.0. The van der Waals surface area contributed by atoms with E-state index in [9.17, 15) is 8.78 Å². The quantitative estimate of drug-likeness (QED) is 0.690. The van der Waals surface area contributed by atoms with Gasteiger partial charge >= 0.3 is 0 Å². The largest absolute Gasteiger partial charge is 0.323 e. The number of fused-ring (bicyclic) bond motifs is 4. The van der Waals surface area contributed by atoms with Crippen LogP contribution in [0.15, 0.2) is 29.8 Å². The van der Waals surface area contributed by atoms with E-state index in [-0.39, 0.29) is 18.9 Å². The maximum absolute atomic E-state index is 13.7. The monoisotopic (exact) mass is 425 g/mol. The van der Waals surface area contributed by atoms with Crippen LogP contribution in [0.4, 0.5) is 31.9 Å². The van der Waals surface area contributed by atoms with Crippen molar-refractivity contribution in [1.29, 1.82) is 0 Å². The van der Waals surface area contributed by atoms with E-state index >= 15 is 0 Å². The van der Waals surface area contributed by atoms with E-state index in [1.807, 2.05) is 19.2 Å². The molecule has 11 heteroatoms. The lowest BCUT2D eigenvalue weighted by atomic mass is 9.91. The third-order valence-corrected chi connectivity index (χ3v) is 6.22. The maximum atomic E-state index is 13.7. The third-order valence-electron chi connectivity index (χ3n) is 6.22. The molecular weight excluding hydrogens is 404 g/mol. The molecule has 3 aliphatic rings. The van der Waals surface area contributed by atoms with Crippen molar-refractivity contribution in [2.75, 3.05) is 28.2 Å². The molecule has 1 fully saturated rings. The summed E-state index contributed by atoms with van der Waals surface area (Å²) in [5.41, 5.74) is 3.43. The van der Waals surface area contributed by atoms with Gasteiger partial charge in [0, 0.05) is 25.4 Å². The Morgan fingerprint density at radius 2 is 2.03 bits per heavy atom. The summed E-state index contributed by atoms with van der Waals surface area (Å²) in [4.78, 5) is 22.2. The van der Waals surface area contributed by atoms with Crippen LogP contribution in [-0.4, -0.2) is 55.6 Å². The van der Waals surface area contributed by atoms with Crippen LogP contribution in [0.25, 0.3) is 5.65 Å². The molecule has 1 N–H and O–H groups in total. The molecule has 0 atom stereocenters. The smallest absolute Gasteiger partial charge is 0.248 e. The Morgan fingerprint density at radius 1 is 1.19 bits per heavy atom. The molecular formula is C20H21F2N9. The molecule has 31 heavy (non-hydrogen) atoms. The Balaban J connectivity index is 1.32. The number of anilines is 4. The number of halogens is 2. The Kier molecular flexibility index (Phi) is 3.90. The van der Waals surface area contributed by atoms with E-state index in [1.165, 1.54) is 6.33 Å². The first kappa shape index (κ1) is 18.4. The summed E-state index contributed by atoms with van der Waals surface area (Å²) >= 11 is 0. The predicted octanol–water partition coefficient (Wildman–Crippen LogP) is 3.15. The van der Waals surface area contributed by atoms with Gasteiger partial charge in [0.15, 0.2) is 11.5 Å². The highest BCUT2D eigenvalue weighted by Crippen LogP contribution is 2.43. The average molecular weight is 425 g/mol. The van der Waals surface area contributed by atoms with Crippen molar-refractivity contribution < 1.29 is 8.78 Å². The highest BCUT2D eigenvalue weighted by atomic mass is 19.3. The molecule has 0 amide bonds. The lowest BCUT2D eigenvalue weighted by molar-refractivity contribution is -0.0372. The van der Waals surface area contributed by atoms with E-state index in [1.54, 1.807) is 10.7 Å². The zero-order valence-corrected chi connectivity index (χ0v) is 17.0. The minimum atomic E-state index is -2.57. The van der Waals surface area contributed by atoms with Crippen LogP contribution in [0.1, 0.15) is 31.2 Å². The molecule has 0 bridgehead atoms. The van der Waals surface area contributed by atoms with E-state index in [0.29, 0.717) is 25.3 Å². The van der Waals surface area contributed by atoms with Crippen molar-refractivity contribution in [2.45, 2.75) is 44.6 Å². The molecule has 2 aliphatic heterocycles. The Hall–Kier alpha value is -3.37. The van der Waals surface area contributed by atoms with Gasteiger partial charge in [0.25, 0.3) is 0 Å². The molecule has 5 heterocycles. The topological polar surface area (TPSA) is 86.8 Å². The summed E-state index contributed by atoms with van der Waals surface area (Å²) in [5.74, 6) is -0.532. The molecule has 1 aliphatic carbocycles. The Labute approximate surface area is 176 Å². The Morgan fingerprint density at radius 3 is 2.87 bits per heavy atom. The second-order valence-corrected chi connectivity index (χ2v) is 8.25. The molecule has 160 valence electrons. The predicted molar refractivity (Wildman–Crippen MR) is 112 cm³/mol. The van der Waals surface area contributed by atoms with Gasteiger partial charge in [0.2, 0.25) is 17.8 Å². The number of guanidine groups is 1. The van der Waals surface area contributed by atoms with Crippen LogP contribution in [-0.2, 0) is 0 Å². The van der Waals surface area contributed by atoms with Crippen LogP contribution in [0.2, 0.25) is 0 Å². The van der Waals surface area contributed by atoms with Gasteiger partial charge in [-0.05, 0) is 31.4 Å². The molecule has 0 aromatic carbocycles. The van der Waals surface area contributed by atoms with Gasteiger partial charge in [0.1, 0.15) is 12.0 Å². The highest BCUT2D eigenvalue weighted by Gasteiger charge is 2.44.